The van der Waals surface area contributed by atoms with Gasteiger partial charge in [0.1, 0.15) is 29.8 Å². The quantitative estimate of drug-likeness (QED) is 0.355. The number of carbonyl (C=O) groups excluding carboxylic acids is 3. The third-order valence-corrected chi connectivity index (χ3v) is 8.40. The number of fused-ring (bicyclic) bond motifs is 1. The number of ether oxygens (including phenoxy) is 2. The highest BCUT2D eigenvalue weighted by Crippen LogP contribution is 2.36. The number of piperazine rings is 1. The molecule has 3 unspecified atom stereocenters. The van der Waals surface area contributed by atoms with Gasteiger partial charge < -0.3 is 25.0 Å². The summed E-state index contributed by atoms with van der Waals surface area (Å²) in [7, 11) is 3.01. The Morgan fingerprint density at radius 2 is 1.66 bits per heavy atom. The number of hydrogen-bond acceptors (Lipinski definition) is 5. The van der Waals surface area contributed by atoms with Gasteiger partial charge >= 0.3 is 0 Å². The zero-order valence-electron chi connectivity index (χ0n) is 25.2. The van der Waals surface area contributed by atoms with Crippen LogP contribution in [0.3, 0.4) is 0 Å². The van der Waals surface area contributed by atoms with Crippen molar-refractivity contribution in [3.8, 4) is 11.5 Å². The average Bonchev–Trinajstić information content (AvgIpc) is 3.44. The third-order valence-electron chi connectivity index (χ3n) is 8.40. The molecule has 2 N–H and O–H groups in total. The Hall–Kier alpha value is -4.47. The fraction of sp³-hybridized carbons (Fsp3) is 0.382. The molecule has 44 heavy (non-hydrogen) atoms. The van der Waals surface area contributed by atoms with Crippen molar-refractivity contribution in [2.24, 2.45) is 11.8 Å². The van der Waals surface area contributed by atoms with E-state index in [1.54, 1.807) is 18.2 Å². The molecule has 3 aromatic rings. The van der Waals surface area contributed by atoms with Gasteiger partial charge in [-0.1, -0.05) is 50.2 Å². The van der Waals surface area contributed by atoms with E-state index in [-0.39, 0.29) is 30.4 Å². The molecule has 1 aliphatic heterocycles. The number of nitrogens with zero attached hydrogens (tertiary/aromatic N) is 1. The molecule has 2 aliphatic rings. The first-order chi connectivity index (χ1) is 21.1. The molecule has 1 saturated heterocycles. The molecule has 1 fully saturated rings. The molecule has 8 nitrogen and oxygen atoms in total. The van der Waals surface area contributed by atoms with Crippen molar-refractivity contribution in [2.75, 3.05) is 14.2 Å². The van der Waals surface area contributed by atoms with Gasteiger partial charge in [0.2, 0.25) is 17.7 Å². The molecule has 0 radical (unpaired) electrons. The smallest absolute Gasteiger partial charge is 0.247 e. The highest BCUT2D eigenvalue weighted by molar-refractivity contribution is 6.00. The normalized spacial score (nSPS) is 19.0. The van der Waals surface area contributed by atoms with Gasteiger partial charge in [0.15, 0.2) is 11.5 Å². The van der Waals surface area contributed by atoms with Crippen LogP contribution >= 0.6 is 0 Å². The van der Waals surface area contributed by atoms with Crippen molar-refractivity contribution in [3.63, 3.8) is 0 Å². The van der Waals surface area contributed by atoms with Crippen molar-refractivity contribution in [1.82, 2.24) is 15.5 Å². The van der Waals surface area contributed by atoms with E-state index in [9.17, 15) is 18.8 Å². The minimum atomic E-state index is -1.52. The lowest BCUT2D eigenvalue weighted by Crippen LogP contribution is -2.67. The fourth-order valence-electron chi connectivity index (χ4n) is 6.29. The van der Waals surface area contributed by atoms with E-state index >= 15 is 4.39 Å². The Morgan fingerprint density at radius 1 is 0.977 bits per heavy atom. The van der Waals surface area contributed by atoms with Gasteiger partial charge in [0.05, 0.1) is 14.2 Å². The molecule has 1 heterocycles. The SMILES string of the molecule is COc1ccc(CNC(=O)C(c2ccc(F)cc2F)N2C(=O)C(C3Cc4ccccc4C3)NC(=O)C2CC(C)C)cc1OC. The van der Waals surface area contributed by atoms with E-state index in [0.29, 0.717) is 36.0 Å². The highest BCUT2D eigenvalue weighted by atomic mass is 19.1. The summed E-state index contributed by atoms with van der Waals surface area (Å²) in [4.78, 5) is 43.4. The van der Waals surface area contributed by atoms with Crippen LogP contribution in [-0.4, -0.2) is 48.9 Å². The summed E-state index contributed by atoms with van der Waals surface area (Å²) in [5.74, 6) is -2.67. The number of hydrogen-bond donors (Lipinski definition) is 2. The maximum Gasteiger partial charge on any atom is 0.247 e. The lowest BCUT2D eigenvalue weighted by molar-refractivity contribution is -0.158. The van der Waals surface area contributed by atoms with E-state index < -0.39 is 47.5 Å². The molecule has 5 rings (SSSR count). The molecule has 10 heteroatoms. The van der Waals surface area contributed by atoms with E-state index in [1.165, 1.54) is 19.1 Å². The molecule has 0 aromatic heterocycles. The number of carbonyl (C=O) groups is 3. The Morgan fingerprint density at radius 3 is 2.27 bits per heavy atom. The minimum Gasteiger partial charge on any atom is -0.493 e. The van der Waals surface area contributed by atoms with Gasteiger partial charge in [-0.2, -0.15) is 0 Å². The zero-order valence-corrected chi connectivity index (χ0v) is 25.2. The van der Waals surface area contributed by atoms with Crippen LogP contribution in [0, 0.1) is 23.5 Å². The van der Waals surface area contributed by atoms with E-state index in [4.69, 9.17) is 9.47 Å². The molecular formula is C34H37F2N3O5. The first-order valence-corrected chi connectivity index (χ1v) is 14.7. The number of halogens is 2. The molecule has 232 valence electrons. The van der Waals surface area contributed by atoms with Crippen molar-refractivity contribution < 1.29 is 32.6 Å². The summed E-state index contributed by atoms with van der Waals surface area (Å²) >= 11 is 0. The van der Waals surface area contributed by atoms with E-state index in [1.807, 2.05) is 38.1 Å². The third kappa shape index (κ3) is 6.25. The van der Waals surface area contributed by atoms with Crippen molar-refractivity contribution in [1.29, 1.82) is 0 Å². The topological polar surface area (TPSA) is 97.0 Å². The first-order valence-electron chi connectivity index (χ1n) is 14.7. The van der Waals surface area contributed by atoms with E-state index in [0.717, 1.165) is 23.3 Å². The first kappa shape index (κ1) is 31.0. The van der Waals surface area contributed by atoms with Gasteiger partial charge in [0.25, 0.3) is 0 Å². The molecule has 0 spiro atoms. The van der Waals surface area contributed by atoms with Gasteiger partial charge in [0, 0.05) is 18.2 Å². The molecular weight excluding hydrogens is 568 g/mol. The van der Waals surface area contributed by atoms with Crippen LogP contribution in [-0.2, 0) is 33.8 Å². The van der Waals surface area contributed by atoms with Crippen molar-refractivity contribution in [3.05, 3.63) is 94.6 Å². The zero-order chi connectivity index (χ0) is 31.5. The fourth-order valence-corrected chi connectivity index (χ4v) is 6.29. The predicted molar refractivity (Wildman–Crippen MR) is 160 cm³/mol. The minimum absolute atomic E-state index is 0.0168. The van der Waals surface area contributed by atoms with Crippen LogP contribution in [0.15, 0.2) is 60.7 Å². The van der Waals surface area contributed by atoms with Crippen LogP contribution in [0.1, 0.15) is 48.6 Å². The maximum atomic E-state index is 15.5. The number of rotatable bonds is 10. The number of nitrogens with one attached hydrogen (secondary N) is 2. The standard InChI is InChI=1S/C34H37F2N3O5/c1-19(2)13-27-32(40)38-30(23-15-21-7-5-6-8-22(21)16-23)34(42)39(27)31(25-11-10-24(35)17-26(25)36)33(41)37-18-20-9-12-28(43-3)29(14-20)44-4/h5-12,14,17,19,23,27,30-31H,13,15-16,18H2,1-4H3,(H,37,41)(H,38,40). The summed E-state index contributed by atoms with van der Waals surface area (Å²) < 4.78 is 40.1. The summed E-state index contributed by atoms with van der Waals surface area (Å²) in [6, 6.07) is 12.4. The Balaban J connectivity index is 1.52. The molecule has 0 saturated carbocycles. The second-order valence-corrected chi connectivity index (χ2v) is 11.8. The Bertz CT molecular complexity index is 1540. The number of benzene rings is 3. The highest BCUT2D eigenvalue weighted by Gasteiger charge is 2.50. The molecule has 0 bridgehead atoms. The molecule has 1 aliphatic carbocycles. The Kier molecular flexibility index (Phi) is 9.17. The molecule has 3 amide bonds. The lowest BCUT2D eigenvalue weighted by Gasteiger charge is -2.44. The Labute approximate surface area is 255 Å². The van der Waals surface area contributed by atoms with Crippen molar-refractivity contribution >= 4 is 17.7 Å². The summed E-state index contributed by atoms with van der Waals surface area (Å²) in [6.45, 7) is 3.82. The maximum absolute atomic E-state index is 15.5. The molecule has 3 aromatic carbocycles. The lowest BCUT2D eigenvalue weighted by atomic mass is 9.87. The van der Waals surface area contributed by atoms with Crippen LogP contribution in [0.25, 0.3) is 0 Å². The largest absolute Gasteiger partial charge is 0.493 e. The number of amides is 3. The van der Waals surface area contributed by atoms with Crippen LogP contribution < -0.4 is 20.1 Å². The van der Waals surface area contributed by atoms with Crippen LogP contribution in [0.4, 0.5) is 8.78 Å². The van der Waals surface area contributed by atoms with Gasteiger partial charge in [-0.05, 0) is 66.0 Å². The summed E-state index contributed by atoms with van der Waals surface area (Å²) in [5.41, 5.74) is 2.67. The second kappa shape index (κ2) is 13.0. The average molecular weight is 606 g/mol. The van der Waals surface area contributed by atoms with Gasteiger partial charge in [-0.25, -0.2) is 8.78 Å². The van der Waals surface area contributed by atoms with Gasteiger partial charge in [-0.15, -0.1) is 0 Å². The van der Waals surface area contributed by atoms with Gasteiger partial charge in [-0.3, -0.25) is 14.4 Å². The molecule has 3 atom stereocenters. The van der Waals surface area contributed by atoms with Crippen molar-refractivity contribution in [2.45, 2.75) is 57.8 Å². The summed E-state index contributed by atoms with van der Waals surface area (Å²) in [6.07, 6.45) is 1.41. The number of methoxy groups -OCH3 is 2. The van der Waals surface area contributed by atoms with Crippen LogP contribution in [0.2, 0.25) is 0 Å². The monoisotopic (exact) mass is 605 g/mol. The predicted octanol–water partition coefficient (Wildman–Crippen LogP) is 4.50. The van der Waals surface area contributed by atoms with Crippen LogP contribution in [0.5, 0.6) is 11.5 Å². The second-order valence-electron chi connectivity index (χ2n) is 11.8. The van der Waals surface area contributed by atoms with E-state index in [2.05, 4.69) is 10.6 Å². The summed E-state index contributed by atoms with van der Waals surface area (Å²) in [5, 5.41) is 5.75.